The summed E-state index contributed by atoms with van der Waals surface area (Å²) in [6, 6.07) is 18.1. The standard InChI is InChI=1S/C22H17NO4S/c24-16-10-8-14(9-11-16)19-18(20(25)15-5-2-1-3-6-15)21(26)22(27)23(19)13-17-7-4-12-28-17/h1-12,19,24-25H,13H2/b20-18+. The molecule has 0 spiro atoms. The lowest BCUT2D eigenvalue weighted by Gasteiger charge is -2.25. The van der Waals surface area contributed by atoms with Crippen molar-refractivity contribution in [2.24, 2.45) is 0 Å². The molecule has 6 heteroatoms. The molecule has 1 aliphatic heterocycles. The second-order valence-electron chi connectivity index (χ2n) is 6.46. The Morgan fingerprint density at radius 3 is 2.32 bits per heavy atom. The zero-order chi connectivity index (χ0) is 19.7. The van der Waals surface area contributed by atoms with Crippen molar-refractivity contribution in [3.05, 3.63) is 93.7 Å². The second kappa shape index (κ2) is 7.32. The van der Waals surface area contributed by atoms with Gasteiger partial charge < -0.3 is 15.1 Å². The van der Waals surface area contributed by atoms with Crippen LogP contribution >= 0.6 is 11.3 Å². The number of carbonyl (C=O) groups is 2. The molecule has 0 radical (unpaired) electrons. The number of benzene rings is 2. The molecule has 5 nitrogen and oxygen atoms in total. The van der Waals surface area contributed by atoms with E-state index in [1.54, 1.807) is 36.4 Å². The van der Waals surface area contributed by atoms with E-state index in [1.165, 1.54) is 28.4 Å². The normalized spacial score (nSPS) is 18.6. The van der Waals surface area contributed by atoms with Gasteiger partial charge in [-0.1, -0.05) is 48.5 Å². The van der Waals surface area contributed by atoms with Crippen LogP contribution in [0.4, 0.5) is 0 Å². The van der Waals surface area contributed by atoms with Crippen LogP contribution in [0.3, 0.4) is 0 Å². The Kier molecular flexibility index (Phi) is 4.71. The van der Waals surface area contributed by atoms with E-state index >= 15 is 0 Å². The smallest absolute Gasteiger partial charge is 0.295 e. The van der Waals surface area contributed by atoms with Crippen molar-refractivity contribution in [2.75, 3.05) is 0 Å². The number of nitrogens with zero attached hydrogens (tertiary/aromatic N) is 1. The molecule has 1 aromatic heterocycles. The van der Waals surface area contributed by atoms with Crippen LogP contribution in [0.5, 0.6) is 5.75 Å². The minimum absolute atomic E-state index is 0.0541. The highest BCUT2D eigenvalue weighted by Crippen LogP contribution is 2.40. The SMILES string of the molecule is O=C1C(=O)N(Cc2cccs2)C(c2ccc(O)cc2)/C1=C(\O)c1ccccc1. The minimum Gasteiger partial charge on any atom is -0.508 e. The van der Waals surface area contributed by atoms with Crippen molar-refractivity contribution in [3.63, 3.8) is 0 Å². The van der Waals surface area contributed by atoms with Crippen LogP contribution in [0.1, 0.15) is 22.0 Å². The monoisotopic (exact) mass is 391 g/mol. The summed E-state index contributed by atoms with van der Waals surface area (Å²) >= 11 is 1.49. The summed E-state index contributed by atoms with van der Waals surface area (Å²) < 4.78 is 0. The van der Waals surface area contributed by atoms with Crippen molar-refractivity contribution in [1.82, 2.24) is 4.90 Å². The minimum atomic E-state index is -0.733. The van der Waals surface area contributed by atoms with Gasteiger partial charge in [0.15, 0.2) is 0 Å². The van der Waals surface area contributed by atoms with Gasteiger partial charge in [0.25, 0.3) is 11.7 Å². The number of carbonyl (C=O) groups excluding carboxylic acids is 2. The number of amides is 1. The summed E-state index contributed by atoms with van der Waals surface area (Å²) in [4.78, 5) is 28.1. The van der Waals surface area contributed by atoms with E-state index in [2.05, 4.69) is 0 Å². The summed E-state index contributed by atoms with van der Waals surface area (Å²) in [7, 11) is 0. The summed E-state index contributed by atoms with van der Waals surface area (Å²) in [5, 5.41) is 22.4. The van der Waals surface area contributed by atoms with Gasteiger partial charge in [-0.05, 0) is 29.1 Å². The number of phenols is 1. The zero-order valence-electron chi connectivity index (χ0n) is 14.8. The number of rotatable bonds is 4. The first-order chi connectivity index (χ1) is 13.6. The Bertz CT molecular complexity index is 1040. The number of thiophene rings is 1. The highest BCUT2D eigenvalue weighted by Gasteiger charge is 2.46. The lowest BCUT2D eigenvalue weighted by atomic mass is 9.95. The average molecular weight is 391 g/mol. The second-order valence-corrected chi connectivity index (χ2v) is 7.50. The molecule has 3 aromatic rings. The lowest BCUT2D eigenvalue weighted by molar-refractivity contribution is -0.140. The van der Waals surface area contributed by atoms with E-state index in [-0.39, 0.29) is 23.6 Å². The molecule has 4 rings (SSSR count). The largest absolute Gasteiger partial charge is 0.508 e. The van der Waals surface area contributed by atoms with Gasteiger partial charge >= 0.3 is 0 Å². The van der Waals surface area contributed by atoms with Crippen LogP contribution in [-0.4, -0.2) is 26.8 Å². The molecule has 2 heterocycles. The third kappa shape index (κ3) is 3.18. The summed E-state index contributed by atoms with van der Waals surface area (Å²) in [6.45, 7) is 0.263. The molecule has 28 heavy (non-hydrogen) atoms. The predicted octanol–water partition coefficient (Wildman–Crippen LogP) is 4.08. The Morgan fingerprint density at radius 1 is 0.964 bits per heavy atom. The van der Waals surface area contributed by atoms with Crippen molar-refractivity contribution in [2.45, 2.75) is 12.6 Å². The molecule has 1 amide bonds. The van der Waals surface area contributed by atoms with Gasteiger partial charge in [0, 0.05) is 10.4 Å². The fourth-order valence-corrected chi connectivity index (χ4v) is 4.07. The van der Waals surface area contributed by atoms with Gasteiger partial charge in [0.05, 0.1) is 18.2 Å². The van der Waals surface area contributed by atoms with Crippen molar-refractivity contribution in [1.29, 1.82) is 0 Å². The molecule has 0 aliphatic carbocycles. The zero-order valence-corrected chi connectivity index (χ0v) is 15.6. The molecular weight excluding hydrogens is 374 g/mol. The number of phenolic OH excluding ortho intramolecular Hbond substituents is 1. The van der Waals surface area contributed by atoms with Crippen LogP contribution < -0.4 is 0 Å². The maximum Gasteiger partial charge on any atom is 0.295 e. The molecule has 0 saturated carbocycles. The van der Waals surface area contributed by atoms with Crippen molar-refractivity contribution in [3.8, 4) is 5.75 Å². The molecule has 2 N–H and O–H groups in total. The highest BCUT2D eigenvalue weighted by atomic mass is 32.1. The van der Waals surface area contributed by atoms with Crippen LogP contribution in [0, 0.1) is 0 Å². The maximum atomic E-state index is 12.9. The van der Waals surface area contributed by atoms with Crippen molar-refractivity contribution >= 4 is 28.8 Å². The van der Waals surface area contributed by atoms with E-state index in [4.69, 9.17) is 0 Å². The van der Waals surface area contributed by atoms with Gasteiger partial charge in [0.1, 0.15) is 11.5 Å². The van der Waals surface area contributed by atoms with Gasteiger partial charge in [-0.15, -0.1) is 11.3 Å². The Morgan fingerprint density at radius 2 is 1.68 bits per heavy atom. The molecule has 1 saturated heterocycles. The number of Topliss-reactive ketones (excluding diaryl/α,β-unsaturated/α-hetero) is 1. The van der Waals surface area contributed by atoms with Gasteiger partial charge in [-0.3, -0.25) is 9.59 Å². The van der Waals surface area contributed by atoms with E-state index < -0.39 is 17.7 Å². The molecule has 0 bridgehead atoms. The first-order valence-corrected chi connectivity index (χ1v) is 9.59. The third-order valence-corrected chi connectivity index (χ3v) is 5.56. The number of aliphatic hydroxyl groups excluding tert-OH is 1. The Hall–Kier alpha value is -3.38. The van der Waals surface area contributed by atoms with Crippen LogP contribution in [-0.2, 0) is 16.1 Å². The quantitative estimate of drug-likeness (QED) is 0.399. The molecule has 140 valence electrons. The Labute approximate surface area is 165 Å². The fourth-order valence-electron chi connectivity index (χ4n) is 3.37. The molecule has 1 unspecified atom stereocenters. The third-order valence-electron chi connectivity index (χ3n) is 4.70. The maximum absolute atomic E-state index is 12.9. The van der Waals surface area contributed by atoms with Crippen LogP contribution in [0.15, 0.2) is 77.7 Å². The summed E-state index contributed by atoms with van der Waals surface area (Å²) in [5.74, 6) is -1.48. The molecule has 1 fully saturated rings. The number of aliphatic hydroxyl groups is 1. The lowest BCUT2D eigenvalue weighted by Crippen LogP contribution is -2.28. The predicted molar refractivity (Wildman–Crippen MR) is 107 cm³/mol. The Balaban J connectivity index is 1.86. The summed E-state index contributed by atoms with van der Waals surface area (Å²) in [5.41, 5.74) is 1.17. The van der Waals surface area contributed by atoms with Crippen LogP contribution in [0.2, 0.25) is 0 Å². The van der Waals surface area contributed by atoms with Gasteiger partial charge in [0.2, 0.25) is 0 Å². The van der Waals surface area contributed by atoms with E-state index in [0.29, 0.717) is 11.1 Å². The molecular formula is C22H17NO4S. The number of hydrogen-bond acceptors (Lipinski definition) is 5. The first-order valence-electron chi connectivity index (χ1n) is 8.71. The van der Waals surface area contributed by atoms with Gasteiger partial charge in [-0.25, -0.2) is 0 Å². The number of likely N-dealkylation sites (tertiary alicyclic amines) is 1. The molecule has 1 atom stereocenters. The van der Waals surface area contributed by atoms with Crippen molar-refractivity contribution < 1.29 is 19.8 Å². The topological polar surface area (TPSA) is 77.8 Å². The van der Waals surface area contributed by atoms with E-state index in [1.807, 2.05) is 23.6 Å². The van der Waals surface area contributed by atoms with Gasteiger partial charge in [-0.2, -0.15) is 0 Å². The number of hydrogen-bond donors (Lipinski definition) is 2. The van der Waals surface area contributed by atoms with Crippen LogP contribution in [0.25, 0.3) is 5.76 Å². The molecule has 1 aliphatic rings. The average Bonchev–Trinajstić information content (AvgIpc) is 3.31. The molecule has 2 aromatic carbocycles. The summed E-state index contributed by atoms with van der Waals surface area (Å²) in [6.07, 6.45) is 0. The highest BCUT2D eigenvalue weighted by molar-refractivity contribution is 7.09. The first kappa shape index (κ1) is 18.0. The van der Waals surface area contributed by atoms with E-state index in [0.717, 1.165) is 4.88 Å². The number of aromatic hydroxyl groups is 1. The number of ketones is 1. The fraction of sp³-hybridized carbons (Fsp3) is 0.0909. The van der Waals surface area contributed by atoms with E-state index in [9.17, 15) is 19.8 Å².